The van der Waals surface area contributed by atoms with Crippen LogP contribution in [0.3, 0.4) is 0 Å². The molecule has 2 aromatic rings. The predicted octanol–water partition coefficient (Wildman–Crippen LogP) is 4.99. The van der Waals surface area contributed by atoms with Crippen molar-refractivity contribution in [2.45, 2.75) is 63.1 Å². The van der Waals surface area contributed by atoms with Crippen molar-refractivity contribution in [2.75, 3.05) is 13.7 Å². The number of ether oxygens (including phenoxy) is 1. The molecule has 3 nitrogen and oxygen atoms in total. The van der Waals surface area contributed by atoms with E-state index in [0.29, 0.717) is 17.9 Å². The van der Waals surface area contributed by atoms with Gasteiger partial charge >= 0.3 is 0 Å². The van der Waals surface area contributed by atoms with E-state index in [-0.39, 0.29) is 6.23 Å². The molecule has 0 amide bonds. The lowest BCUT2D eigenvalue weighted by atomic mass is 9.69. The summed E-state index contributed by atoms with van der Waals surface area (Å²) in [5.41, 5.74) is 2.67. The molecule has 4 rings (SSSR count). The third-order valence-electron chi connectivity index (χ3n) is 6.90. The number of hydrogen-bond donors (Lipinski definition) is 1. The molecule has 1 heterocycles. The Labute approximate surface area is 169 Å². The van der Waals surface area contributed by atoms with Crippen LogP contribution in [0.5, 0.6) is 5.75 Å². The Morgan fingerprint density at radius 1 is 1.00 bits per heavy atom. The van der Waals surface area contributed by atoms with Gasteiger partial charge in [0.25, 0.3) is 0 Å². The molecule has 1 saturated heterocycles. The van der Waals surface area contributed by atoms with E-state index in [2.05, 4.69) is 41.3 Å². The normalized spacial score (nSPS) is 26.4. The van der Waals surface area contributed by atoms with Crippen LogP contribution in [0.25, 0.3) is 0 Å². The van der Waals surface area contributed by atoms with Crippen molar-refractivity contribution in [3.63, 3.8) is 0 Å². The average Bonchev–Trinajstić information content (AvgIpc) is 2.77. The number of fused-ring (bicyclic) bond motifs is 1. The van der Waals surface area contributed by atoms with Crippen LogP contribution < -0.4 is 4.74 Å². The molecule has 1 aliphatic carbocycles. The number of rotatable bonds is 6. The highest BCUT2D eigenvalue weighted by Crippen LogP contribution is 2.44. The maximum absolute atomic E-state index is 11.1. The van der Waals surface area contributed by atoms with Gasteiger partial charge in [-0.15, -0.1) is 0 Å². The minimum atomic E-state index is -0.368. The highest BCUT2D eigenvalue weighted by Gasteiger charge is 2.41. The Hall–Kier alpha value is -1.84. The first-order valence-electron chi connectivity index (χ1n) is 10.9. The van der Waals surface area contributed by atoms with Crippen LogP contribution in [0.15, 0.2) is 54.6 Å². The van der Waals surface area contributed by atoms with Gasteiger partial charge in [-0.25, -0.2) is 0 Å². The van der Waals surface area contributed by atoms with Crippen LogP contribution in [0.1, 0.15) is 55.6 Å². The summed E-state index contributed by atoms with van der Waals surface area (Å²) in [6.07, 6.45) is 7.53. The van der Waals surface area contributed by atoms with E-state index >= 15 is 0 Å². The molecule has 150 valence electrons. The zero-order chi connectivity index (χ0) is 19.3. The van der Waals surface area contributed by atoms with Crippen LogP contribution in [0, 0.1) is 5.92 Å². The van der Waals surface area contributed by atoms with Crippen LogP contribution in [0.2, 0.25) is 0 Å². The van der Waals surface area contributed by atoms with Gasteiger partial charge in [0.2, 0.25) is 0 Å². The molecule has 0 spiro atoms. The number of para-hydroxylation sites is 1. The monoisotopic (exact) mass is 379 g/mol. The van der Waals surface area contributed by atoms with Crippen molar-refractivity contribution < 1.29 is 9.84 Å². The van der Waals surface area contributed by atoms with Gasteiger partial charge in [-0.3, -0.25) is 4.90 Å². The van der Waals surface area contributed by atoms with E-state index in [1.165, 1.54) is 36.8 Å². The first kappa shape index (κ1) is 19.5. The molecule has 0 radical (unpaired) electrons. The zero-order valence-electron chi connectivity index (χ0n) is 17.0. The molecule has 1 unspecified atom stereocenters. The van der Waals surface area contributed by atoms with Crippen molar-refractivity contribution in [2.24, 2.45) is 5.92 Å². The van der Waals surface area contributed by atoms with Gasteiger partial charge in [-0.05, 0) is 61.1 Å². The summed E-state index contributed by atoms with van der Waals surface area (Å²) in [7, 11) is 1.72. The number of aryl methyl sites for hydroxylation is 1. The molecule has 1 saturated carbocycles. The number of piperidine rings is 1. The quantitative estimate of drug-likeness (QED) is 0.767. The number of aliphatic hydroxyl groups excluding tert-OH is 1. The lowest BCUT2D eigenvalue weighted by molar-refractivity contribution is -0.0798. The van der Waals surface area contributed by atoms with Crippen LogP contribution >= 0.6 is 0 Å². The maximum atomic E-state index is 11.1. The van der Waals surface area contributed by atoms with Crippen LogP contribution in [-0.4, -0.2) is 35.9 Å². The van der Waals surface area contributed by atoms with E-state index in [1.54, 1.807) is 7.11 Å². The van der Waals surface area contributed by atoms with Gasteiger partial charge < -0.3 is 9.84 Å². The number of hydrogen-bond acceptors (Lipinski definition) is 3. The minimum absolute atomic E-state index is 0.368. The molecule has 1 aliphatic heterocycles. The molecule has 2 aromatic carbocycles. The van der Waals surface area contributed by atoms with Gasteiger partial charge in [-0.1, -0.05) is 61.4 Å². The van der Waals surface area contributed by atoms with E-state index in [0.717, 1.165) is 31.6 Å². The largest absolute Gasteiger partial charge is 0.496 e. The summed E-state index contributed by atoms with van der Waals surface area (Å²) >= 11 is 0. The average molecular weight is 380 g/mol. The third kappa shape index (κ3) is 4.11. The molecule has 0 aromatic heterocycles. The number of nitrogens with zero attached hydrogens (tertiary/aromatic N) is 1. The second kappa shape index (κ2) is 9.11. The molecule has 2 aliphatic rings. The topological polar surface area (TPSA) is 32.7 Å². The molecular formula is C25H33NO2. The van der Waals surface area contributed by atoms with Gasteiger partial charge in [0.15, 0.2) is 0 Å². The zero-order valence-corrected chi connectivity index (χ0v) is 17.0. The molecule has 3 heteroatoms. The second-order valence-electron chi connectivity index (χ2n) is 8.39. The Balaban J connectivity index is 1.44. The highest BCUT2D eigenvalue weighted by molar-refractivity contribution is 5.33. The first-order valence-corrected chi connectivity index (χ1v) is 10.9. The fraction of sp³-hybridized carbons (Fsp3) is 0.520. The minimum Gasteiger partial charge on any atom is -0.496 e. The number of benzene rings is 2. The fourth-order valence-corrected chi connectivity index (χ4v) is 5.53. The van der Waals surface area contributed by atoms with E-state index in [4.69, 9.17) is 4.74 Å². The highest BCUT2D eigenvalue weighted by atomic mass is 16.5. The summed E-state index contributed by atoms with van der Waals surface area (Å²) in [5.74, 6) is 2.24. The smallest absolute Gasteiger partial charge is 0.122 e. The lowest BCUT2D eigenvalue weighted by Gasteiger charge is -2.50. The van der Waals surface area contributed by atoms with E-state index < -0.39 is 0 Å². The second-order valence-corrected chi connectivity index (χ2v) is 8.39. The Bertz CT molecular complexity index is 747. The Kier molecular flexibility index (Phi) is 6.33. The lowest BCUT2D eigenvalue weighted by Crippen LogP contribution is -2.54. The molecule has 0 bridgehead atoms. The first-order chi connectivity index (χ1) is 13.8. The predicted molar refractivity (Wildman–Crippen MR) is 114 cm³/mol. The van der Waals surface area contributed by atoms with Crippen molar-refractivity contribution in [3.05, 3.63) is 65.7 Å². The number of methoxy groups -OCH3 is 1. The van der Waals surface area contributed by atoms with Gasteiger partial charge in [0.1, 0.15) is 12.0 Å². The molecule has 28 heavy (non-hydrogen) atoms. The summed E-state index contributed by atoms with van der Waals surface area (Å²) < 4.78 is 5.48. The van der Waals surface area contributed by atoms with Crippen molar-refractivity contribution in [1.29, 1.82) is 0 Å². The molecule has 1 N–H and O–H groups in total. The maximum Gasteiger partial charge on any atom is 0.122 e. The van der Waals surface area contributed by atoms with Crippen molar-refractivity contribution >= 4 is 0 Å². The summed E-state index contributed by atoms with van der Waals surface area (Å²) in [6, 6.07) is 19.7. The standard InChI is InChI=1S/C25H33NO2/c1-28-24-14-8-5-11-20(24)15-16-25(27)26-18-17-21(19-9-3-2-4-10-19)22-12-6-7-13-23(22)26/h2-5,8-11,14,21-23,25,27H,6-7,12-13,15-18H2,1H3/t21-,22-,23-,25?/m0/s1. The Morgan fingerprint density at radius 3 is 2.57 bits per heavy atom. The third-order valence-corrected chi connectivity index (χ3v) is 6.90. The number of aliphatic hydroxyl groups is 1. The summed E-state index contributed by atoms with van der Waals surface area (Å²) in [5, 5.41) is 11.1. The van der Waals surface area contributed by atoms with Gasteiger partial charge in [0, 0.05) is 12.6 Å². The molecular weight excluding hydrogens is 346 g/mol. The van der Waals surface area contributed by atoms with Crippen LogP contribution in [0.4, 0.5) is 0 Å². The van der Waals surface area contributed by atoms with E-state index in [1.807, 2.05) is 18.2 Å². The summed E-state index contributed by atoms with van der Waals surface area (Å²) in [6.45, 7) is 0.994. The van der Waals surface area contributed by atoms with Crippen LogP contribution in [-0.2, 0) is 6.42 Å². The van der Waals surface area contributed by atoms with Crippen molar-refractivity contribution in [1.82, 2.24) is 4.90 Å². The Morgan fingerprint density at radius 2 is 1.75 bits per heavy atom. The molecule has 4 atom stereocenters. The summed E-state index contributed by atoms with van der Waals surface area (Å²) in [4.78, 5) is 2.42. The van der Waals surface area contributed by atoms with Gasteiger partial charge in [-0.2, -0.15) is 0 Å². The fourth-order valence-electron chi connectivity index (χ4n) is 5.53. The SMILES string of the molecule is COc1ccccc1CCC(O)N1CC[C@@H](c2ccccc2)[C@@H]2CCCC[C@@H]21. The number of likely N-dealkylation sites (tertiary alicyclic amines) is 1. The van der Waals surface area contributed by atoms with E-state index in [9.17, 15) is 5.11 Å². The van der Waals surface area contributed by atoms with Crippen molar-refractivity contribution in [3.8, 4) is 5.75 Å². The van der Waals surface area contributed by atoms with Gasteiger partial charge in [0.05, 0.1) is 7.11 Å². The molecule has 2 fully saturated rings.